The quantitative estimate of drug-likeness (QED) is 0.538. The molecule has 2 heterocycles. The molecule has 0 fully saturated rings. The second-order valence-corrected chi connectivity index (χ2v) is 9.65. The average Bonchev–Trinajstić information content (AvgIpc) is 3.24. The maximum atomic E-state index is 13.5. The van der Waals surface area contributed by atoms with E-state index in [0.29, 0.717) is 24.2 Å². The maximum absolute atomic E-state index is 13.5. The topological polar surface area (TPSA) is 105 Å². The summed E-state index contributed by atoms with van der Waals surface area (Å²) in [6, 6.07) is 13.2. The van der Waals surface area contributed by atoms with Crippen LogP contribution in [0.2, 0.25) is 0 Å². The first kappa shape index (κ1) is 23.2. The lowest BCUT2D eigenvalue weighted by Gasteiger charge is -2.30. The number of carbonyl (C=O) groups excluding carboxylic acids is 2. The number of sulfonamides is 1. The van der Waals surface area contributed by atoms with Gasteiger partial charge in [0.25, 0.3) is 10.0 Å². The first-order valence-corrected chi connectivity index (χ1v) is 12.2. The highest BCUT2D eigenvalue weighted by Gasteiger charge is 2.29. The SMILES string of the molecule is C/C=C/n1ncc(C=O)c1NC(=O)N(C)c1cccc(S(=O)(=O)N2CCCc3ccccc32)c1. The lowest BCUT2D eigenvalue weighted by molar-refractivity contribution is 0.112. The summed E-state index contributed by atoms with van der Waals surface area (Å²) >= 11 is 0. The van der Waals surface area contributed by atoms with E-state index in [4.69, 9.17) is 0 Å². The van der Waals surface area contributed by atoms with Crippen molar-refractivity contribution in [2.24, 2.45) is 0 Å². The third-order valence-electron chi connectivity index (χ3n) is 5.63. The zero-order valence-corrected chi connectivity index (χ0v) is 19.7. The Balaban J connectivity index is 1.61. The number of urea groups is 1. The summed E-state index contributed by atoms with van der Waals surface area (Å²) in [5, 5.41) is 6.73. The number of fused-ring (bicyclic) bond motifs is 1. The molecule has 4 rings (SSSR count). The minimum absolute atomic E-state index is 0.0916. The second-order valence-electron chi connectivity index (χ2n) is 7.79. The summed E-state index contributed by atoms with van der Waals surface area (Å²) in [4.78, 5) is 25.7. The number of amides is 2. The normalized spacial score (nSPS) is 13.5. The van der Waals surface area contributed by atoms with Crippen LogP contribution in [-0.2, 0) is 16.4 Å². The van der Waals surface area contributed by atoms with E-state index in [-0.39, 0.29) is 16.3 Å². The van der Waals surface area contributed by atoms with Crippen LogP contribution in [0.4, 0.5) is 22.0 Å². The first-order chi connectivity index (χ1) is 16.4. The van der Waals surface area contributed by atoms with Gasteiger partial charge in [-0.1, -0.05) is 30.3 Å². The van der Waals surface area contributed by atoms with Crippen LogP contribution in [-0.4, -0.2) is 44.1 Å². The molecule has 176 valence electrons. The standard InChI is InChI=1S/C24H25N5O4S/c1-3-13-28-23(19(17-30)16-25-28)26-24(31)27(2)20-10-6-11-21(15-20)34(32,33)29-14-7-9-18-8-4-5-12-22(18)29/h3-6,8,10-13,15-17H,7,9,14H2,1-2H3,(H,26,31)/b13-3+. The molecule has 10 heteroatoms. The minimum Gasteiger partial charge on any atom is -0.298 e. The van der Waals surface area contributed by atoms with Gasteiger partial charge in [-0.05, 0) is 49.6 Å². The molecule has 2 amide bonds. The number of anilines is 3. The molecule has 0 spiro atoms. The van der Waals surface area contributed by atoms with Crippen molar-refractivity contribution in [1.29, 1.82) is 0 Å². The van der Waals surface area contributed by atoms with Crippen LogP contribution in [0.3, 0.4) is 0 Å². The van der Waals surface area contributed by atoms with Crippen LogP contribution in [0.15, 0.2) is 65.7 Å². The number of benzene rings is 2. The molecule has 0 saturated heterocycles. The van der Waals surface area contributed by atoms with E-state index in [1.165, 1.54) is 39.3 Å². The Morgan fingerprint density at radius 3 is 2.74 bits per heavy atom. The predicted octanol–water partition coefficient (Wildman–Crippen LogP) is 4.00. The number of carbonyl (C=O) groups is 2. The van der Waals surface area contributed by atoms with Crippen molar-refractivity contribution < 1.29 is 18.0 Å². The highest BCUT2D eigenvalue weighted by atomic mass is 32.2. The van der Waals surface area contributed by atoms with E-state index in [0.717, 1.165) is 18.4 Å². The number of hydrogen-bond donors (Lipinski definition) is 1. The Hall–Kier alpha value is -3.92. The lowest BCUT2D eigenvalue weighted by atomic mass is 10.0. The molecular formula is C24H25N5O4S. The van der Waals surface area contributed by atoms with Gasteiger partial charge in [0.2, 0.25) is 0 Å². The summed E-state index contributed by atoms with van der Waals surface area (Å²) in [7, 11) is -2.30. The highest BCUT2D eigenvalue weighted by Crippen LogP contribution is 2.32. The molecule has 0 bridgehead atoms. The molecule has 1 aromatic heterocycles. The Kier molecular flexibility index (Phi) is 6.51. The average molecular weight is 480 g/mol. The fourth-order valence-electron chi connectivity index (χ4n) is 3.88. The molecule has 3 aromatic rings. The van der Waals surface area contributed by atoms with Crippen LogP contribution < -0.4 is 14.5 Å². The smallest absolute Gasteiger partial charge is 0.298 e. The summed E-state index contributed by atoms with van der Waals surface area (Å²) < 4.78 is 29.8. The van der Waals surface area contributed by atoms with Crippen molar-refractivity contribution in [1.82, 2.24) is 9.78 Å². The highest BCUT2D eigenvalue weighted by molar-refractivity contribution is 7.92. The van der Waals surface area contributed by atoms with Crippen molar-refractivity contribution in [3.63, 3.8) is 0 Å². The van der Waals surface area contributed by atoms with Gasteiger partial charge in [0, 0.05) is 25.5 Å². The molecule has 1 N–H and O–H groups in total. The van der Waals surface area contributed by atoms with E-state index in [1.807, 2.05) is 24.3 Å². The Bertz CT molecular complexity index is 1360. The zero-order chi connectivity index (χ0) is 24.3. The van der Waals surface area contributed by atoms with Crippen LogP contribution in [0.25, 0.3) is 6.20 Å². The minimum atomic E-state index is -3.83. The van der Waals surface area contributed by atoms with E-state index in [1.54, 1.807) is 31.3 Å². The number of para-hydroxylation sites is 1. The summed E-state index contributed by atoms with van der Waals surface area (Å²) in [5.74, 6) is 0.221. The predicted molar refractivity (Wildman–Crippen MR) is 132 cm³/mol. The number of aldehydes is 1. The lowest BCUT2D eigenvalue weighted by Crippen LogP contribution is -2.36. The van der Waals surface area contributed by atoms with Gasteiger partial charge < -0.3 is 0 Å². The summed E-state index contributed by atoms with van der Waals surface area (Å²) in [6.07, 6.45) is 6.84. The van der Waals surface area contributed by atoms with Gasteiger partial charge in [0.1, 0.15) is 5.82 Å². The molecule has 0 unspecified atom stereocenters. The van der Waals surface area contributed by atoms with Gasteiger partial charge in [0.05, 0.1) is 22.3 Å². The summed E-state index contributed by atoms with van der Waals surface area (Å²) in [5.41, 5.74) is 2.28. The van der Waals surface area contributed by atoms with Gasteiger partial charge in [-0.3, -0.25) is 19.3 Å². The van der Waals surface area contributed by atoms with E-state index < -0.39 is 16.1 Å². The van der Waals surface area contributed by atoms with Crippen molar-refractivity contribution in [2.75, 3.05) is 28.1 Å². The van der Waals surface area contributed by atoms with Gasteiger partial charge >= 0.3 is 6.03 Å². The number of aromatic nitrogens is 2. The van der Waals surface area contributed by atoms with Crippen molar-refractivity contribution in [3.8, 4) is 0 Å². The molecule has 2 aromatic carbocycles. The van der Waals surface area contributed by atoms with Gasteiger partial charge in [-0.15, -0.1) is 0 Å². The maximum Gasteiger partial charge on any atom is 0.327 e. The Morgan fingerprint density at radius 2 is 1.97 bits per heavy atom. The molecule has 9 nitrogen and oxygen atoms in total. The first-order valence-electron chi connectivity index (χ1n) is 10.8. The number of allylic oxidation sites excluding steroid dienone is 1. The molecule has 1 aliphatic rings. The Labute approximate surface area is 198 Å². The van der Waals surface area contributed by atoms with Gasteiger partial charge in [-0.2, -0.15) is 5.10 Å². The molecule has 0 radical (unpaired) electrons. The van der Waals surface area contributed by atoms with Crippen molar-refractivity contribution in [3.05, 3.63) is 71.9 Å². The monoisotopic (exact) mass is 479 g/mol. The number of nitrogens with one attached hydrogen (secondary N) is 1. The molecular weight excluding hydrogens is 454 g/mol. The number of aryl methyl sites for hydroxylation is 1. The number of rotatable bonds is 6. The number of nitrogens with zero attached hydrogens (tertiary/aromatic N) is 4. The van der Waals surface area contributed by atoms with E-state index >= 15 is 0 Å². The molecule has 0 saturated carbocycles. The van der Waals surface area contributed by atoms with Crippen LogP contribution >= 0.6 is 0 Å². The van der Waals surface area contributed by atoms with Crippen molar-refractivity contribution >= 4 is 45.7 Å². The third-order valence-corrected chi connectivity index (χ3v) is 7.44. The van der Waals surface area contributed by atoms with E-state index in [2.05, 4.69) is 10.4 Å². The van der Waals surface area contributed by atoms with Crippen molar-refractivity contribution in [2.45, 2.75) is 24.7 Å². The second kappa shape index (κ2) is 9.52. The van der Waals surface area contributed by atoms with Gasteiger partial charge in [-0.25, -0.2) is 17.9 Å². The molecule has 0 aliphatic carbocycles. The Morgan fingerprint density at radius 1 is 1.18 bits per heavy atom. The van der Waals surface area contributed by atoms with Crippen LogP contribution in [0.5, 0.6) is 0 Å². The number of hydrogen-bond acceptors (Lipinski definition) is 5. The third kappa shape index (κ3) is 4.32. The largest absolute Gasteiger partial charge is 0.327 e. The van der Waals surface area contributed by atoms with Crippen LogP contribution in [0.1, 0.15) is 29.3 Å². The fraction of sp³-hybridized carbons (Fsp3) is 0.208. The molecule has 1 aliphatic heterocycles. The zero-order valence-electron chi connectivity index (χ0n) is 18.9. The molecule has 34 heavy (non-hydrogen) atoms. The van der Waals surface area contributed by atoms with Gasteiger partial charge in [0.15, 0.2) is 6.29 Å². The molecule has 0 atom stereocenters. The van der Waals surface area contributed by atoms with Crippen LogP contribution in [0, 0.1) is 0 Å². The summed E-state index contributed by atoms with van der Waals surface area (Å²) in [6.45, 7) is 2.18. The fourth-order valence-corrected chi connectivity index (χ4v) is 5.46. The van der Waals surface area contributed by atoms with E-state index in [9.17, 15) is 18.0 Å².